The number of esters is 1. The fourth-order valence-electron chi connectivity index (χ4n) is 2.40. The summed E-state index contributed by atoms with van der Waals surface area (Å²) in [6.07, 6.45) is 0.374. The number of carbonyl (C=O) groups excluding carboxylic acids is 1. The maximum absolute atomic E-state index is 12.6. The van der Waals surface area contributed by atoms with Gasteiger partial charge in [0.2, 0.25) is 10.0 Å². The minimum atomic E-state index is -3.80. The highest BCUT2D eigenvalue weighted by Crippen LogP contribution is 2.20. The van der Waals surface area contributed by atoms with Gasteiger partial charge >= 0.3 is 5.97 Å². The van der Waals surface area contributed by atoms with Gasteiger partial charge in [0.05, 0.1) is 12.0 Å². The Labute approximate surface area is 136 Å². The number of hydrogen-bond acceptors (Lipinski definition) is 4. The van der Waals surface area contributed by atoms with Crippen LogP contribution in [-0.2, 0) is 19.6 Å². The van der Waals surface area contributed by atoms with Crippen LogP contribution >= 0.6 is 0 Å². The number of sulfonamides is 1. The zero-order valence-corrected chi connectivity index (χ0v) is 14.3. The van der Waals surface area contributed by atoms with Crippen molar-refractivity contribution in [3.05, 3.63) is 42.5 Å². The van der Waals surface area contributed by atoms with Crippen LogP contribution in [0.2, 0.25) is 0 Å². The van der Waals surface area contributed by atoms with E-state index in [1.165, 1.54) is 13.2 Å². The highest BCUT2D eigenvalue weighted by Gasteiger charge is 2.27. The van der Waals surface area contributed by atoms with Crippen molar-refractivity contribution >= 4 is 26.8 Å². The predicted molar refractivity (Wildman–Crippen MR) is 89.5 cm³/mol. The first kappa shape index (κ1) is 17.4. The Kier molecular flexibility index (Phi) is 5.38. The van der Waals surface area contributed by atoms with Crippen molar-refractivity contribution in [2.45, 2.75) is 31.2 Å². The van der Waals surface area contributed by atoms with Crippen molar-refractivity contribution in [2.24, 2.45) is 5.92 Å². The molecule has 124 valence electrons. The molecule has 0 saturated heterocycles. The first-order chi connectivity index (χ1) is 10.8. The number of carbonyl (C=O) groups is 1. The molecule has 0 aromatic heterocycles. The Bertz CT molecular complexity index is 799. The monoisotopic (exact) mass is 335 g/mol. The fraction of sp³-hybridized carbons (Fsp3) is 0.353. The van der Waals surface area contributed by atoms with Crippen molar-refractivity contribution < 1.29 is 17.9 Å². The van der Waals surface area contributed by atoms with Crippen LogP contribution in [0.1, 0.15) is 20.3 Å². The number of fused-ring (bicyclic) bond motifs is 1. The first-order valence-corrected chi connectivity index (χ1v) is 8.91. The number of benzene rings is 2. The van der Waals surface area contributed by atoms with Crippen LogP contribution in [0.15, 0.2) is 47.4 Å². The average Bonchev–Trinajstić information content (AvgIpc) is 2.52. The third-order valence-electron chi connectivity index (χ3n) is 3.52. The summed E-state index contributed by atoms with van der Waals surface area (Å²) < 4.78 is 32.3. The highest BCUT2D eigenvalue weighted by atomic mass is 32.2. The molecule has 6 heteroatoms. The molecule has 5 nitrogen and oxygen atoms in total. The van der Waals surface area contributed by atoms with Crippen LogP contribution in [-0.4, -0.2) is 27.5 Å². The smallest absolute Gasteiger partial charge is 0.323 e. The molecular weight excluding hydrogens is 314 g/mol. The Morgan fingerprint density at radius 2 is 1.78 bits per heavy atom. The molecule has 0 fully saturated rings. The number of hydrogen-bond donors (Lipinski definition) is 1. The van der Waals surface area contributed by atoms with E-state index in [0.717, 1.165) is 10.8 Å². The molecule has 0 amide bonds. The fourth-order valence-corrected chi connectivity index (χ4v) is 3.63. The van der Waals surface area contributed by atoms with Crippen molar-refractivity contribution in [2.75, 3.05) is 7.11 Å². The van der Waals surface area contributed by atoms with Gasteiger partial charge in [0.1, 0.15) is 6.04 Å². The molecule has 23 heavy (non-hydrogen) atoms. The zero-order chi connectivity index (χ0) is 17.0. The molecule has 0 radical (unpaired) electrons. The largest absolute Gasteiger partial charge is 0.468 e. The summed E-state index contributed by atoms with van der Waals surface area (Å²) in [7, 11) is -2.55. The lowest BCUT2D eigenvalue weighted by atomic mass is 10.1. The van der Waals surface area contributed by atoms with Crippen LogP contribution in [0, 0.1) is 5.92 Å². The third kappa shape index (κ3) is 4.30. The molecule has 1 unspecified atom stereocenters. The van der Waals surface area contributed by atoms with Crippen LogP contribution in [0.25, 0.3) is 10.8 Å². The van der Waals surface area contributed by atoms with Crippen LogP contribution < -0.4 is 4.72 Å². The van der Waals surface area contributed by atoms with E-state index in [1.54, 1.807) is 12.1 Å². The maximum atomic E-state index is 12.6. The van der Waals surface area contributed by atoms with E-state index >= 15 is 0 Å². The van der Waals surface area contributed by atoms with Gasteiger partial charge in [-0.2, -0.15) is 4.72 Å². The van der Waals surface area contributed by atoms with Crippen molar-refractivity contribution in [3.8, 4) is 0 Å². The second-order valence-electron chi connectivity index (χ2n) is 5.84. The third-order valence-corrected chi connectivity index (χ3v) is 4.99. The second-order valence-corrected chi connectivity index (χ2v) is 7.55. The molecule has 0 aliphatic rings. The summed E-state index contributed by atoms with van der Waals surface area (Å²) in [6.45, 7) is 3.83. The number of nitrogens with one attached hydrogen (secondary N) is 1. The molecule has 0 aliphatic carbocycles. The summed E-state index contributed by atoms with van der Waals surface area (Å²) in [5.41, 5.74) is 0. The van der Waals surface area contributed by atoms with E-state index in [-0.39, 0.29) is 10.8 Å². The minimum absolute atomic E-state index is 0.133. The van der Waals surface area contributed by atoms with Gasteiger partial charge in [-0.1, -0.05) is 44.2 Å². The standard InChI is InChI=1S/C17H21NO4S/c1-12(2)10-16(17(19)22-3)18-23(20,21)15-9-8-13-6-4-5-7-14(13)11-15/h4-9,11-12,16,18H,10H2,1-3H3. The molecule has 1 N–H and O–H groups in total. The van der Waals surface area contributed by atoms with Gasteiger partial charge in [0.25, 0.3) is 0 Å². The van der Waals surface area contributed by atoms with Crippen molar-refractivity contribution in [3.63, 3.8) is 0 Å². The SMILES string of the molecule is COC(=O)C(CC(C)C)NS(=O)(=O)c1ccc2ccccc2c1. The maximum Gasteiger partial charge on any atom is 0.323 e. The Hall–Kier alpha value is -1.92. The van der Waals surface area contributed by atoms with Crippen molar-refractivity contribution in [1.29, 1.82) is 0 Å². The van der Waals surface area contributed by atoms with E-state index in [0.29, 0.717) is 6.42 Å². The number of methoxy groups -OCH3 is 1. The summed E-state index contributed by atoms with van der Waals surface area (Å²) in [5, 5.41) is 1.78. The van der Waals surface area contributed by atoms with Crippen LogP contribution in [0.5, 0.6) is 0 Å². The molecule has 2 rings (SSSR count). The van der Waals surface area contributed by atoms with E-state index in [4.69, 9.17) is 4.74 Å². The van der Waals surface area contributed by atoms with Gasteiger partial charge in [-0.05, 0) is 35.2 Å². The Balaban J connectivity index is 2.32. The molecule has 0 bridgehead atoms. The summed E-state index contributed by atoms with van der Waals surface area (Å²) in [4.78, 5) is 12.0. The molecule has 2 aromatic rings. The minimum Gasteiger partial charge on any atom is -0.468 e. The Morgan fingerprint density at radius 3 is 2.39 bits per heavy atom. The van der Waals surface area contributed by atoms with E-state index in [2.05, 4.69) is 4.72 Å². The number of rotatable bonds is 6. The van der Waals surface area contributed by atoms with Gasteiger partial charge in [0.15, 0.2) is 0 Å². The van der Waals surface area contributed by atoms with E-state index in [9.17, 15) is 13.2 Å². The topological polar surface area (TPSA) is 72.5 Å². The lowest BCUT2D eigenvalue weighted by Gasteiger charge is -2.18. The molecule has 0 aliphatic heterocycles. The van der Waals surface area contributed by atoms with E-state index < -0.39 is 22.0 Å². The summed E-state index contributed by atoms with van der Waals surface area (Å²) in [6, 6.07) is 11.5. The van der Waals surface area contributed by atoms with Crippen LogP contribution in [0.4, 0.5) is 0 Å². The Morgan fingerprint density at radius 1 is 1.13 bits per heavy atom. The first-order valence-electron chi connectivity index (χ1n) is 7.42. The molecule has 0 saturated carbocycles. The van der Waals surface area contributed by atoms with Gasteiger partial charge in [-0.25, -0.2) is 8.42 Å². The van der Waals surface area contributed by atoms with Gasteiger partial charge in [-0.3, -0.25) is 4.79 Å². The van der Waals surface area contributed by atoms with Gasteiger partial charge < -0.3 is 4.74 Å². The molecule has 1 atom stereocenters. The molecule has 2 aromatic carbocycles. The normalized spacial score (nSPS) is 13.2. The molecule has 0 heterocycles. The molecular formula is C17H21NO4S. The zero-order valence-electron chi connectivity index (χ0n) is 13.4. The quantitative estimate of drug-likeness (QED) is 0.824. The summed E-state index contributed by atoms with van der Waals surface area (Å²) >= 11 is 0. The summed E-state index contributed by atoms with van der Waals surface area (Å²) in [5.74, 6) is -0.429. The van der Waals surface area contributed by atoms with Crippen molar-refractivity contribution in [1.82, 2.24) is 4.72 Å². The second kappa shape index (κ2) is 7.10. The average molecular weight is 335 g/mol. The van der Waals surface area contributed by atoms with Gasteiger partial charge in [0, 0.05) is 0 Å². The predicted octanol–water partition coefficient (Wildman–Crippen LogP) is 2.71. The van der Waals surface area contributed by atoms with Crippen LogP contribution in [0.3, 0.4) is 0 Å². The van der Waals surface area contributed by atoms with Gasteiger partial charge in [-0.15, -0.1) is 0 Å². The number of ether oxygens (including phenoxy) is 1. The molecule has 0 spiro atoms. The van der Waals surface area contributed by atoms with E-state index in [1.807, 2.05) is 38.1 Å². The lowest BCUT2D eigenvalue weighted by molar-refractivity contribution is -0.143. The lowest BCUT2D eigenvalue weighted by Crippen LogP contribution is -2.42. The highest BCUT2D eigenvalue weighted by molar-refractivity contribution is 7.89.